The number of hydrogen-bond acceptors (Lipinski definition) is 3. The summed E-state index contributed by atoms with van der Waals surface area (Å²) >= 11 is 0. The molecule has 1 amide bonds. The second-order valence-electron chi connectivity index (χ2n) is 6.14. The minimum Gasteiger partial charge on any atom is -0.388 e. The third kappa shape index (κ3) is 3.99. The molecule has 0 saturated heterocycles. The lowest BCUT2D eigenvalue weighted by Crippen LogP contribution is -2.43. The van der Waals surface area contributed by atoms with Gasteiger partial charge in [-0.25, -0.2) is 0 Å². The third-order valence-electron chi connectivity index (χ3n) is 4.50. The topological polar surface area (TPSA) is 67.2 Å². The molecule has 3 rings (SSSR count). The SMILES string of the molecule is O=C(CC(O)c1ccccc1)NC1CCCCC1n1cccn1. The van der Waals surface area contributed by atoms with Gasteiger partial charge >= 0.3 is 0 Å². The van der Waals surface area contributed by atoms with Crippen LogP contribution in [0, 0.1) is 0 Å². The molecule has 0 aliphatic heterocycles. The molecule has 1 aromatic heterocycles. The van der Waals surface area contributed by atoms with Crippen LogP contribution in [0.2, 0.25) is 0 Å². The predicted octanol–water partition coefficient (Wildman–Crippen LogP) is 2.61. The Morgan fingerprint density at radius 2 is 2.04 bits per heavy atom. The van der Waals surface area contributed by atoms with E-state index in [0.717, 1.165) is 31.2 Å². The summed E-state index contributed by atoms with van der Waals surface area (Å²) < 4.78 is 1.94. The first-order valence-corrected chi connectivity index (χ1v) is 8.25. The number of amides is 1. The van der Waals surface area contributed by atoms with Crippen molar-refractivity contribution >= 4 is 5.91 Å². The van der Waals surface area contributed by atoms with Crippen LogP contribution < -0.4 is 5.32 Å². The van der Waals surface area contributed by atoms with Gasteiger partial charge in [-0.2, -0.15) is 5.10 Å². The maximum atomic E-state index is 12.3. The van der Waals surface area contributed by atoms with E-state index < -0.39 is 6.10 Å². The Kier molecular flexibility index (Phi) is 5.08. The zero-order valence-corrected chi connectivity index (χ0v) is 13.1. The number of nitrogens with one attached hydrogen (secondary N) is 1. The molecule has 2 N–H and O–H groups in total. The molecule has 3 unspecified atom stereocenters. The molecule has 1 heterocycles. The van der Waals surface area contributed by atoms with Crippen molar-refractivity contribution in [2.24, 2.45) is 0 Å². The van der Waals surface area contributed by atoms with Crippen LogP contribution in [-0.4, -0.2) is 26.8 Å². The first kappa shape index (κ1) is 15.7. The number of aliphatic hydroxyl groups is 1. The Hall–Kier alpha value is -2.14. The van der Waals surface area contributed by atoms with Gasteiger partial charge in [0.05, 0.1) is 24.6 Å². The van der Waals surface area contributed by atoms with Crippen molar-refractivity contribution in [1.29, 1.82) is 0 Å². The summed E-state index contributed by atoms with van der Waals surface area (Å²) in [6.45, 7) is 0. The Labute approximate surface area is 136 Å². The van der Waals surface area contributed by atoms with E-state index in [1.165, 1.54) is 0 Å². The highest BCUT2D eigenvalue weighted by Crippen LogP contribution is 2.28. The van der Waals surface area contributed by atoms with Crippen molar-refractivity contribution in [2.75, 3.05) is 0 Å². The summed E-state index contributed by atoms with van der Waals surface area (Å²) in [5.41, 5.74) is 0.773. The molecule has 1 aromatic carbocycles. The number of aromatic nitrogens is 2. The largest absolute Gasteiger partial charge is 0.388 e. The second kappa shape index (κ2) is 7.42. The van der Waals surface area contributed by atoms with Crippen LogP contribution in [0.5, 0.6) is 0 Å². The van der Waals surface area contributed by atoms with Crippen molar-refractivity contribution in [2.45, 2.75) is 50.3 Å². The molecule has 0 bridgehead atoms. The predicted molar refractivity (Wildman–Crippen MR) is 87.7 cm³/mol. The highest BCUT2D eigenvalue weighted by atomic mass is 16.3. The quantitative estimate of drug-likeness (QED) is 0.891. The van der Waals surface area contributed by atoms with Crippen molar-refractivity contribution in [3.63, 3.8) is 0 Å². The maximum Gasteiger partial charge on any atom is 0.223 e. The van der Waals surface area contributed by atoms with Crippen LogP contribution in [-0.2, 0) is 4.79 Å². The van der Waals surface area contributed by atoms with Gasteiger partial charge in [-0.1, -0.05) is 43.2 Å². The number of carbonyl (C=O) groups excluding carboxylic acids is 1. The summed E-state index contributed by atoms with van der Waals surface area (Å²) in [5, 5.41) is 17.6. The number of hydrogen-bond donors (Lipinski definition) is 2. The van der Waals surface area contributed by atoms with Gasteiger partial charge < -0.3 is 10.4 Å². The molecule has 122 valence electrons. The summed E-state index contributed by atoms with van der Waals surface area (Å²) in [4.78, 5) is 12.3. The molecular formula is C18H23N3O2. The molecule has 1 aliphatic carbocycles. The van der Waals surface area contributed by atoms with Crippen LogP contribution in [0.4, 0.5) is 0 Å². The lowest BCUT2D eigenvalue weighted by Gasteiger charge is -2.32. The smallest absolute Gasteiger partial charge is 0.223 e. The van der Waals surface area contributed by atoms with E-state index in [1.54, 1.807) is 6.20 Å². The van der Waals surface area contributed by atoms with Crippen molar-refractivity contribution in [3.05, 3.63) is 54.4 Å². The van der Waals surface area contributed by atoms with Crippen LogP contribution in [0.3, 0.4) is 0 Å². The van der Waals surface area contributed by atoms with Crippen molar-refractivity contribution in [3.8, 4) is 0 Å². The molecule has 3 atom stereocenters. The average molecular weight is 313 g/mol. The average Bonchev–Trinajstić information content (AvgIpc) is 3.10. The monoisotopic (exact) mass is 313 g/mol. The van der Waals surface area contributed by atoms with E-state index in [9.17, 15) is 9.90 Å². The van der Waals surface area contributed by atoms with Crippen LogP contribution in [0.25, 0.3) is 0 Å². The lowest BCUT2D eigenvalue weighted by molar-refractivity contribution is -0.124. The summed E-state index contributed by atoms with van der Waals surface area (Å²) in [6.07, 6.45) is 7.30. The van der Waals surface area contributed by atoms with E-state index in [2.05, 4.69) is 10.4 Å². The standard InChI is InChI=1S/C18H23N3O2/c22-17(14-7-2-1-3-8-14)13-18(23)20-15-9-4-5-10-16(15)21-12-6-11-19-21/h1-3,6-8,11-12,15-17,22H,4-5,9-10,13H2,(H,20,23). The molecule has 1 saturated carbocycles. The highest BCUT2D eigenvalue weighted by molar-refractivity contribution is 5.77. The van der Waals surface area contributed by atoms with E-state index >= 15 is 0 Å². The van der Waals surface area contributed by atoms with E-state index in [1.807, 2.05) is 47.3 Å². The first-order chi connectivity index (χ1) is 11.2. The van der Waals surface area contributed by atoms with Gasteiger partial charge in [-0.05, 0) is 24.5 Å². The molecule has 2 aromatic rings. The van der Waals surface area contributed by atoms with Gasteiger partial charge in [0.1, 0.15) is 0 Å². The van der Waals surface area contributed by atoms with Crippen molar-refractivity contribution in [1.82, 2.24) is 15.1 Å². The number of rotatable bonds is 5. The van der Waals surface area contributed by atoms with Gasteiger partial charge in [0.2, 0.25) is 5.91 Å². The Morgan fingerprint density at radius 1 is 1.26 bits per heavy atom. The maximum absolute atomic E-state index is 12.3. The summed E-state index contributed by atoms with van der Waals surface area (Å²) in [6, 6.07) is 11.5. The van der Waals surface area contributed by atoms with Gasteiger partial charge in [-0.15, -0.1) is 0 Å². The van der Waals surface area contributed by atoms with Gasteiger partial charge in [-0.3, -0.25) is 9.48 Å². The first-order valence-electron chi connectivity index (χ1n) is 8.25. The molecule has 23 heavy (non-hydrogen) atoms. The molecule has 1 aliphatic rings. The second-order valence-corrected chi connectivity index (χ2v) is 6.14. The number of aliphatic hydroxyl groups excluding tert-OH is 1. The van der Waals surface area contributed by atoms with Crippen LogP contribution in [0.15, 0.2) is 48.8 Å². The van der Waals surface area contributed by atoms with E-state index in [0.29, 0.717) is 0 Å². The minimum absolute atomic E-state index is 0.0825. The Bertz CT molecular complexity index is 612. The van der Waals surface area contributed by atoms with Gasteiger partial charge in [0.15, 0.2) is 0 Å². The fourth-order valence-corrected chi connectivity index (χ4v) is 3.31. The zero-order chi connectivity index (χ0) is 16.1. The molecule has 5 heteroatoms. The minimum atomic E-state index is -0.761. The molecule has 0 radical (unpaired) electrons. The van der Waals surface area contributed by atoms with Gasteiger partial charge in [0.25, 0.3) is 0 Å². The number of nitrogens with zero attached hydrogens (tertiary/aromatic N) is 2. The lowest BCUT2D eigenvalue weighted by atomic mass is 9.90. The molecule has 1 fully saturated rings. The summed E-state index contributed by atoms with van der Waals surface area (Å²) in [5.74, 6) is -0.106. The number of carbonyl (C=O) groups is 1. The molecule has 5 nitrogen and oxygen atoms in total. The Balaban J connectivity index is 1.60. The van der Waals surface area contributed by atoms with E-state index in [4.69, 9.17) is 0 Å². The molecule has 0 spiro atoms. The fourth-order valence-electron chi connectivity index (χ4n) is 3.31. The molecular weight excluding hydrogens is 290 g/mol. The highest BCUT2D eigenvalue weighted by Gasteiger charge is 2.28. The van der Waals surface area contributed by atoms with Crippen LogP contribution >= 0.6 is 0 Å². The third-order valence-corrected chi connectivity index (χ3v) is 4.50. The Morgan fingerprint density at radius 3 is 2.78 bits per heavy atom. The van der Waals surface area contributed by atoms with Crippen molar-refractivity contribution < 1.29 is 9.90 Å². The van der Waals surface area contributed by atoms with E-state index in [-0.39, 0.29) is 24.4 Å². The summed E-state index contributed by atoms with van der Waals surface area (Å²) in [7, 11) is 0. The van der Waals surface area contributed by atoms with Crippen LogP contribution in [0.1, 0.15) is 49.8 Å². The fraction of sp³-hybridized carbons (Fsp3) is 0.444. The van der Waals surface area contributed by atoms with Gasteiger partial charge in [0, 0.05) is 12.4 Å². The zero-order valence-electron chi connectivity index (χ0n) is 13.1. The number of benzene rings is 1. The normalized spacial score (nSPS) is 22.5.